The van der Waals surface area contributed by atoms with Crippen molar-refractivity contribution in [2.45, 2.75) is 38.6 Å². The maximum Gasteiger partial charge on any atom is 0.269 e. The Kier molecular flexibility index (Phi) is 4.50. The molecule has 2 bridgehead atoms. The Morgan fingerprint density at radius 2 is 2.08 bits per heavy atom. The maximum atomic E-state index is 12.6. The van der Waals surface area contributed by atoms with Crippen LogP contribution in [0.3, 0.4) is 0 Å². The number of benzene rings is 1. The molecule has 0 radical (unpaired) electrons. The van der Waals surface area contributed by atoms with Crippen LogP contribution in [-0.4, -0.2) is 22.1 Å². The summed E-state index contributed by atoms with van der Waals surface area (Å²) >= 11 is 12.0. The molecular weight excluding hydrogens is 357 g/mol. The molecule has 4 atom stereocenters. The summed E-state index contributed by atoms with van der Waals surface area (Å²) in [4.78, 5) is 12.6. The van der Waals surface area contributed by atoms with Crippen molar-refractivity contribution in [1.82, 2.24) is 15.5 Å². The number of fused-ring (bicyclic) bond motifs is 2. The van der Waals surface area contributed by atoms with Gasteiger partial charge in [-0.3, -0.25) is 9.89 Å². The number of nitrogens with one attached hydrogen (secondary N) is 2. The molecule has 4 rings (SSSR count). The molecule has 2 aliphatic carbocycles. The molecular formula is C19H21Cl2N3O. The minimum atomic E-state index is -0.103. The smallest absolute Gasteiger partial charge is 0.269 e. The maximum absolute atomic E-state index is 12.6. The Morgan fingerprint density at radius 3 is 2.76 bits per heavy atom. The lowest BCUT2D eigenvalue weighted by Gasteiger charge is -2.28. The van der Waals surface area contributed by atoms with Crippen LogP contribution >= 0.6 is 23.2 Å². The predicted octanol–water partition coefficient (Wildman–Crippen LogP) is 4.94. The third kappa shape index (κ3) is 3.30. The molecule has 1 amide bonds. The molecule has 1 aromatic carbocycles. The SMILES string of the molecule is CC(NC(=O)c1cc(-c2ccc(Cl)c(Cl)c2)n[nH]1)C1CC2CCC1C2. The van der Waals surface area contributed by atoms with Gasteiger partial charge in [-0.25, -0.2) is 0 Å². The Hall–Kier alpha value is -1.52. The summed E-state index contributed by atoms with van der Waals surface area (Å²) in [5, 5.41) is 11.2. The van der Waals surface area contributed by atoms with Crippen LogP contribution in [0.25, 0.3) is 11.3 Å². The van der Waals surface area contributed by atoms with Crippen LogP contribution in [0.15, 0.2) is 24.3 Å². The van der Waals surface area contributed by atoms with Crippen LogP contribution in [0.2, 0.25) is 10.0 Å². The number of halogens is 2. The molecule has 1 aromatic heterocycles. The monoisotopic (exact) mass is 377 g/mol. The van der Waals surface area contributed by atoms with E-state index in [1.807, 2.05) is 6.07 Å². The van der Waals surface area contributed by atoms with Gasteiger partial charge < -0.3 is 5.32 Å². The highest BCUT2D eigenvalue weighted by Crippen LogP contribution is 2.49. The second-order valence-electron chi connectivity index (χ2n) is 7.40. The van der Waals surface area contributed by atoms with E-state index in [0.29, 0.717) is 27.4 Å². The summed E-state index contributed by atoms with van der Waals surface area (Å²) < 4.78 is 0. The molecule has 1 heterocycles. The van der Waals surface area contributed by atoms with Gasteiger partial charge in [-0.15, -0.1) is 0 Å². The van der Waals surface area contributed by atoms with Gasteiger partial charge in [0.2, 0.25) is 0 Å². The molecule has 2 aliphatic rings. The number of amides is 1. The molecule has 0 saturated heterocycles. The Bertz CT molecular complexity index is 804. The second kappa shape index (κ2) is 6.65. The number of hydrogen-bond donors (Lipinski definition) is 2. The summed E-state index contributed by atoms with van der Waals surface area (Å²) in [6, 6.07) is 7.26. The molecule has 25 heavy (non-hydrogen) atoms. The Labute approximate surface area is 157 Å². The fourth-order valence-corrected chi connectivity index (χ4v) is 4.84. The number of carbonyl (C=O) groups is 1. The molecule has 2 aromatic rings. The number of rotatable bonds is 4. The number of hydrogen-bond acceptors (Lipinski definition) is 2. The van der Waals surface area contributed by atoms with Gasteiger partial charge >= 0.3 is 0 Å². The van der Waals surface area contributed by atoms with Crippen molar-refractivity contribution >= 4 is 29.1 Å². The molecule has 2 saturated carbocycles. The number of H-pyrrole nitrogens is 1. The average molecular weight is 378 g/mol. The van der Waals surface area contributed by atoms with Crippen LogP contribution in [0.5, 0.6) is 0 Å². The molecule has 132 valence electrons. The summed E-state index contributed by atoms with van der Waals surface area (Å²) in [5.74, 6) is 2.17. The van der Waals surface area contributed by atoms with Gasteiger partial charge in [-0.05, 0) is 62.1 Å². The Balaban J connectivity index is 1.44. The van der Waals surface area contributed by atoms with E-state index in [0.717, 1.165) is 17.4 Å². The molecule has 2 N–H and O–H groups in total. The van der Waals surface area contributed by atoms with Crippen molar-refractivity contribution in [3.63, 3.8) is 0 Å². The van der Waals surface area contributed by atoms with E-state index in [2.05, 4.69) is 22.4 Å². The van der Waals surface area contributed by atoms with E-state index in [-0.39, 0.29) is 11.9 Å². The van der Waals surface area contributed by atoms with E-state index in [1.165, 1.54) is 25.7 Å². The molecule has 4 nitrogen and oxygen atoms in total. The van der Waals surface area contributed by atoms with Gasteiger partial charge in [0.25, 0.3) is 5.91 Å². The lowest BCUT2D eigenvalue weighted by molar-refractivity contribution is 0.0910. The third-order valence-corrected chi connectivity index (χ3v) is 6.57. The van der Waals surface area contributed by atoms with Crippen LogP contribution in [0.1, 0.15) is 43.1 Å². The predicted molar refractivity (Wildman–Crippen MR) is 99.9 cm³/mol. The standard InChI is InChI=1S/C19H21Cl2N3O/c1-10(14-7-11-2-3-12(14)6-11)22-19(25)18-9-17(23-24-18)13-4-5-15(20)16(21)8-13/h4-5,8-12,14H,2-3,6-7H2,1H3,(H,22,25)(H,23,24). The zero-order valence-corrected chi connectivity index (χ0v) is 15.6. The summed E-state index contributed by atoms with van der Waals surface area (Å²) in [6.07, 6.45) is 5.29. The van der Waals surface area contributed by atoms with E-state index in [9.17, 15) is 4.79 Å². The third-order valence-electron chi connectivity index (χ3n) is 5.83. The molecule has 6 heteroatoms. The lowest BCUT2D eigenvalue weighted by atomic mass is 9.84. The average Bonchev–Trinajstić information content (AvgIpc) is 3.33. The van der Waals surface area contributed by atoms with Crippen molar-refractivity contribution in [3.05, 3.63) is 40.0 Å². The van der Waals surface area contributed by atoms with Gasteiger partial charge in [0.1, 0.15) is 5.69 Å². The minimum Gasteiger partial charge on any atom is -0.348 e. The van der Waals surface area contributed by atoms with Gasteiger partial charge in [0.05, 0.1) is 15.7 Å². The van der Waals surface area contributed by atoms with Gasteiger partial charge in [0.15, 0.2) is 0 Å². The van der Waals surface area contributed by atoms with E-state index in [4.69, 9.17) is 23.2 Å². The fraction of sp³-hybridized carbons (Fsp3) is 0.474. The van der Waals surface area contributed by atoms with Crippen LogP contribution in [0.4, 0.5) is 0 Å². The topological polar surface area (TPSA) is 57.8 Å². The zero-order valence-electron chi connectivity index (χ0n) is 14.1. The highest BCUT2D eigenvalue weighted by atomic mass is 35.5. The molecule has 0 spiro atoms. The molecule has 4 unspecified atom stereocenters. The van der Waals surface area contributed by atoms with Crippen molar-refractivity contribution in [3.8, 4) is 11.3 Å². The van der Waals surface area contributed by atoms with Crippen molar-refractivity contribution in [2.24, 2.45) is 17.8 Å². The minimum absolute atomic E-state index is 0.103. The van der Waals surface area contributed by atoms with Gasteiger partial charge in [0, 0.05) is 11.6 Å². The van der Waals surface area contributed by atoms with Crippen LogP contribution < -0.4 is 5.32 Å². The highest BCUT2D eigenvalue weighted by molar-refractivity contribution is 6.42. The quantitative estimate of drug-likeness (QED) is 0.792. The molecule has 2 fully saturated rings. The van der Waals surface area contributed by atoms with Crippen LogP contribution in [-0.2, 0) is 0 Å². The number of aromatic nitrogens is 2. The van der Waals surface area contributed by atoms with E-state index in [1.54, 1.807) is 18.2 Å². The normalized spacial score (nSPS) is 26.0. The zero-order chi connectivity index (χ0) is 17.6. The van der Waals surface area contributed by atoms with Crippen molar-refractivity contribution < 1.29 is 4.79 Å². The summed E-state index contributed by atoms with van der Waals surface area (Å²) in [6.45, 7) is 2.12. The first-order valence-electron chi connectivity index (χ1n) is 8.83. The first-order valence-corrected chi connectivity index (χ1v) is 9.58. The summed E-state index contributed by atoms with van der Waals surface area (Å²) in [5.41, 5.74) is 1.97. The van der Waals surface area contributed by atoms with Crippen molar-refractivity contribution in [2.75, 3.05) is 0 Å². The second-order valence-corrected chi connectivity index (χ2v) is 8.21. The number of nitrogens with zero attached hydrogens (tertiary/aromatic N) is 1. The number of aromatic amines is 1. The van der Waals surface area contributed by atoms with E-state index >= 15 is 0 Å². The Morgan fingerprint density at radius 1 is 1.24 bits per heavy atom. The highest BCUT2D eigenvalue weighted by Gasteiger charge is 2.42. The number of carbonyl (C=O) groups excluding carboxylic acids is 1. The van der Waals surface area contributed by atoms with Crippen molar-refractivity contribution in [1.29, 1.82) is 0 Å². The molecule has 0 aliphatic heterocycles. The lowest BCUT2D eigenvalue weighted by Crippen LogP contribution is -2.40. The van der Waals surface area contributed by atoms with E-state index < -0.39 is 0 Å². The first kappa shape index (κ1) is 16.9. The summed E-state index contributed by atoms with van der Waals surface area (Å²) in [7, 11) is 0. The first-order chi connectivity index (χ1) is 12.0. The van der Waals surface area contributed by atoms with Gasteiger partial charge in [-0.2, -0.15) is 5.10 Å². The van der Waals surface area contributed by atoms with Crippen LogP contribution in [0, 0.1) is 17.8 Å². The van der Waals surface area contributed by atoms with Gasteiger partial charge in [-0.1, -0.05) is 35.7 Å². The largest absolute Gasteiger partial charge is 0.348 e. The fourth-order valence-electron chi connectivity index (χ4n) is 4.54.